The third-order valence-corrected chi connectivity index (χ3v) is 6.08. The van der Waals surface area contributed by atoms with Crippen molar-refractivity contribution < 1.29 is 20.0 Å². The van der Waals surface area contributed by atoms with Crippen molar-refractivity contribution in [2.24, 2.45) is 0 Å². The standard InChI is InChI=1S/C16H16N4O2.C12H18FN3O.H2/c1-21-12-9-6-10-13(22-2)14(12)20-15(18-19-16(20)17)11-7-4-3-5-8-11;1-9(2)17-11-4-3-5-16(8-11)12-14-6-10(13)7-15-12;/h3-10H,1-2H3,(H2,17,19);6-7,9,11H,3-5,8H2,1-2H3;1H/t;11-;/m.0./s1. The van der Waals surface area contributed by atoms with Crippen LogP contribution in [0.15, 0.2) is 60.9 Å². The summed E-state index contributed by atoms with van der Waals surface area (Å²) < 4.78 is 31.1. The van der Waals surface area contributed by atoms with Crippen molar-refractivity contribution in [2.75, 3.05) is 37.9 Å². The molecule has 10 nitrogen and oxygen atoms in total. The summed E-state index contributed by atoms with van der Waals surface area (Å²) in [6.45, 7) is 5.76. The molecular formula is C28H36FN7O3. The van der Waals surface area contributed by atoms with Gasteiger partial charge in [0.1, 0.15) is 17.2 Å². The van der Waals surface area contributed by atoms with Crippen molar-refractivity contribution in [1.82, 2.24) is 24.7 Å². The van der Waals surface area contributed by atoms with E-state index in [0.717, 1.165) is 31.5 Å². The van der Waals surface area contributed by atoms with E-state index in [1.165, 1.54) is 12.4 Å². The van der Waals surface area contributed by atoms with Crippen LogP contribution in [0, 0.1) is 5.82 Å². The van der Waals surface area contributed by atoms with Crippen LogP contribution in [0.2, 0.25) is 0 Å². The quantitative estimate of drug-likeness (QED) is 0.355. The summed E-state index contributed by atoms with van der Waals surface area (Å²) in [7, 11) is 3.20. The highest BCUT2D eigenvalue weighted by molar-refractivity contribution is 5.67. The predicted molar refractivity (Wildman–Crippen MR) is 150 cm³/mol. The number of para-hydroxylation sites is 1. The fourth-order valence-electron chi connectivity index (χ4n) is 4.43. The van der Waals surface area contributed by atoms with Gasteiger partial charge in [0.25, 0.3) is 0 Å². The molecule has 0 aliphatic carbocycles. The molecule has 2 aromatic heterocycles. The summed E-state index contributed by atoms with van der Waals surface area (Å²) in [5.41, 5.74) is 7.61. The molecule has 0 bridgehead atoms. The van der Waals surface area contributed by atoms with Gasteiger partial charge in [0, 0.05) is 20.1 Å². The maximum Gasteiger partial charge on any atom is 0.227 e. The molecular weight excluding hydrogens is 501 g/mol. The molecule has 1 aliphatic heterocycles. The van der Waals surface area contributed by atoms with Gasteiger partial charge in [-0.05, 0) is 38.8 Å². The highest BCUT2D eigenvalue weighted by atomic mass is 19.1. The van der Waals surface area contributed by atoms with E-state index in [1.54, 1.807) is 18.8 Å². The topological polar surface area (TPSA) is 113 Å². The minimum Gasteiger partial charge on any atom is -0.494 e. The molecule has 4 aromatic rings. The first kappa shape index (κ1) is 27.8. The zero-order valence-corrected chi connectivity index (χ0v) is 22.6. The van der Waals surface area contributed by atoms with Gasteiger partial charge in [-0.15, -0.1) is 10.2 Å². The van der Waals surface area contributed by atoms with E-state index < -0.39 is 5.82 Å². The van der Waals surface area contributed by atoms with Gasteiger partial charge < -0.3 is 24.8 Å². The first-order valence-corrected chi connectivity index (χ1v) is 12.8. The average Bonchev–Trinajstić information content (AvgIpc) is 3.34. The number of nitrogens with zero attached hydrogens (tertiary/aromatic N) is 6. The summed E-state index contributed by atoms with van der Waals surface area (Å²) in [5, 5.41) is 8.19. The number of rotatable bonds is 7. The molecule has 2 N–H and O–H groups in total. The molecule has 0 radical (unpaired) electrons. The van der Waals surface area contributed by atoms with Gasteiger partial charge in [0.05, 0.1) is 38.8 Å². The molecule has 0 amide bonds. The largest absolute Gasteiger partial charge is 0.494 e. The molecule has 1 saturated heterocycles. The molecule has 2 aromatic carbocycles. The Balaban J connectivity index is 0.000000222. The summed E-state index contributed by atoms with van der Waals surface area (Å²) in [5.74, 6) is 2.33. The summed E-state index contributed by atoms with van der Waals surface area (Å²) in [6.07, 6.45) is 4.98. The normalized spacial score (nSPS) is 15.0. The molecule has 39 heavy (non-hydrogen) atoms. The Morgan fingerprint density at radius 2 is 1.64 bits per heavy atom. The Morgan fingerprint density at radius 3 is 2.26 bits per heavy atom. The minimum atomic E-state index is -0.402. The van der Waals surface area contributed by atoms with Crippen molar-refractivity contribution in [2.45, 2.75) is 38.9 Å². The number of benzene rings is 2. The van der Waals surface area contributed by atoms with Gasteiger partial charge in [-0.1, -0.05) is 36.4 Å². The maximum atomic E-state index is 12.7. The van der Waals surface area contributed by atoms with E-state index in [0.29, 0.717) is 29.0 Å². The Kier molecular flexibility index (Phi) is 9.27. The first-order chi connectivity index (χ1) is 18.9. The van der Waals surface area contributed by atoms with Crippen molar-refractivity contribution in [3.63, 3.8) is 0 Å². The van der Waals surface area contributed by atoms with Crippen molar-refractivity contribution in [3.05, 3.63) is 66.7 Å². The molecule has 11 heteroatoms. The zero-order chi connectivity index (χ0) is 27.8. The van der Waals surface area contributed by atoms with Crippen LogP contribution in [0.25, 0.3) is 17.1 Å². The van der Waals surface area contributed by atoms with E-state index in [1.807, 2.05) is 62.4 Å². The minimum absolute atomic E-state index is 0. The molecule has 5 rings (SSSR count). The van der Waals surface area contributed by atoms with Crippen LogP contribution >= 0.6 is 0 Å². The number of piperidine rings is 1. The van der Waals surface area contributed by atoms with E-state index in [4.69, 9.17) is 19.9 Å². The third-order valence-electron chi connectivity index (χ3n) is 6.08. The van der Waals surface area contributed by atoms with Crippen LogP contribution in [0.1, 0.15) is 28.1 Å². The van der Waals surface area contributed by atoms with Crippen molar-refractivity contribution in [1.29, 1.82) is 0 Å². The van der Waals surface area contributed by atoms with E-state index in [2.05, 4.69) is 25.1 Å². The van der Waals surface area contributed by atoms with Crippen LogP contribution in [0.5, 0.6) is 11.5 Å². The highest BCUT2D eigenvalue weighted by Crippen LogP contribution is 2.36. The van der Waals surface area contributed by atoms with Crippen molar-refractivity contribution >= 4 is 11.9 Å². The van der Waals surface area contributed by atoms with E-state index in [9.17, 15) is 4.39 Å². The second-order valence-corrected chi connectivity index (χ2v) is 9.19. The second kappa shape index (κ2) is 13.0. The number of nitrogen functional groups attached to an aromatic ring is 1. The lowest BCUT2D eigenvalue weighted by molar-refractivity contribution is 0.000789. The van der Waals surface area contributed by atoms with Gasteiger partial charge >= 0.3 is 0 Å². The molecule has 208 valence electrons. The predicted octanol–water partition coefficient (Wildman–Crippen LogP) is 4.79. The smallest absolute Gasteiger partial charge is 0.227 e. The Hall–Kier alpha value is -4.25. The fourth-order valence-corrected chi connectivity index (χ4v) is 4.43. The summed E-state index contributed by atoms with van der Waals surface area (Å²) in [6, 6.07) is 15.2. The Bertz CT molecular complexity index is 1320. The maximum absolute atomic E-state index is 12.7. The van der Waals surface area contributed by atoms with Crippen LogP contribution in [-0.2, 0) is 4.74 Å². The molecule has 0 saturated carbocycles. The SMILES string of the molecule is CC(C)O[C@H]1CCCN(c2ncc(F)cn2)C1.COc1cccc(OC)c1-n1c(N)nnc1-c1ccccc1.[HH]. The molecule has 0 unspecified atom stereocenters. The van der Waals surface area contributed by atoms with Crippen LogP contribution < -0.4 is 20.1 Å². The number of aromatic nitrogens is 5. The van der Waals surface area contributed by atoms with E-state index >= 15 is 0 Å². The summed E-state index contributed by atoms with van der Waals surface area (Å²) >= 11 is 0. The van der Waals surface area contributed by atoms with E-state index in [-0.39, 0.29) is 19.6 Å². The van der Waals surface area contributed by atoms with Crippen LogP contribution in [0.3, 0.4) is 0 Å². The van der Waals surface area contributed by atoms with Crippen LogP contribution in [-0.4, -0.2) is 64.2 Å². The number of ether oxygens (including phenoxy) is 3. The Morgan fingerprint density at radius 1 is 0.974 bits per heavy atom. The molecule has 3 heterocycles. The fraction of sp³-hybridized carbons (Fsp3) is 0.357. The zero-order valence-electron chi connectivity index (χ0n) is 22.6. The first-order valence-electron chi connectivity index (χ1n) is 12.8. The second-order valence-electron chi connectivity index (χ2n) is 9.19. The van der Waals surface area contributed by atoms with Gasteiger partial charge in [-0.25, -0.2) is 14.4 Å². The number of methoxy groups -OCH3 is 2. The number of anilines is 2. The summed E-state index contributed by atoms with van der Waals surface area (Å²) in [4.78, 5) is 10.1. The lowest BCUT2D eigenvalue weighted by Crippen LogP contribution is -2.41. The lowest BCUT2D eigenvalue weighted by atomic mass is 10.1. The molecule has 0 spiro atoms. The number of hydrogen-bond donors (Lipinski definition) is 1. The lowest BCUT2D eigenvalue weighted by Gasteiger charge is -2.33. The van der Waals surface area contributed by atoms with Crippen LogP contribution in [0.4, 0.5) is 16.3 Å². The van der Waals surface area contributed by atoms with Gasteiger partial charge in [-0.3, -0.25) is 4.57 Å². The average molecular weight is 538 g/mol. The molecule has 1 atom stereocenters. The van der Waals surface area contributed by atoms with Gasteiger partial charge in [-0.2, -0.15) is 0 Å². The highest BCUT2D eigenvalue weighted by Gasteiger charge is 2.23. The number of hydrogen-bond acceptors (Lipinski definition) is 9. The third kappa shape index (κ3) is 6.80. The van der Waals surface area contributed by atoms with Gasteiger partial charge in [0.2, 0.25) is 11.9 Å². The Labute approximate surface area is 229 Å². The monoisotopic (exact) mass is 537 g/mol. The number of nitrogens with two attached hydrogens (primary N) is 1. The molecule has 1 fully saturated rings. The molecule has 1 aliphatic rings. The van der Waals surface area contributed by atoms with Crippen molar-refractivity contribution in [3.8, 4) is 28.6 Å². The number of halogens is 1. The van der Waals surface area contributed by atoms with Gasteiger partial charge in [0.15, 0.2) is 11.6 Å².